The molecule has 1 unspecified atom stereocenters. The summed E-state index contributed by atoms with van der Waals surface area (Å²) in [6, 6.07) is 18.0. The second kappa shape index (κ2) is 5.25. The third-order valence-electron chi connectivity index (χ3n) is 4.66. The van der Waals surface area contributed by atoms with E-state index in [4.69, 9.17) is 9.47 Å². The molecule has 2 aromatic carbocycles. The lowest BCUT2D eigenvalue weighted by molar-refractivity contribution is -0.155. The third kappa shape index (κ3) is 2.13. The van der Waals surface area contributed by atoms with Gasteiger partial charge in [-0.3, -0.25) is 4.79 Å². The number of hydrogen-bond acceptors (Lipinski definition) is 3. The number of hydrogen-bond donors (Lipinski definition) is 0. The van der Waals surface area contributed by atoms with Gasteiger partial charge in [-0.1, -0.05) is 54.6 Å². The van der Waals surface area contributed by atoms with Crippen LogP contribution in [0.15, 0.2) is 54.6 Å². The summed E-state index contributed by atoms with van der Waals surface area (Å²) in [7, 11) is 0. The molecule has 4 atom stereocenters. The number of carbonyl (C=O) groups is 1. The summed E-state index contributed by atoms with van der Waals surface area (Å²) >= 11 is 0. The van der Waals surface area contributed by atoms with E-state index in [0.29, 0.717) is 0 Å². The first kappa shape index (κ1) is 13.5. The standard InChI is InChI=1S/C19H18O3/c1-12(13-7-3-2-4-8-13)21-19(20)16-11-17-14-9-5-6-10-15(14)18(16)22-17/h2-10,12,16-18H,11H2,1H3/t12-,16?,17+,18+/m1/s1. The molecule has 0 aromatic heterocycles. The van der Waals surface area contributed by atoms with Crippen LogP contribution in [-0.2, 0) is 14.3 Å². The molecule has 0 amide bonds. The quantitative estimate of drug-likeness (QED) is 0.799. The Hall–Kier alpha value is -2.13. The van der Waals surface area contributed by atoms with Gasteiger partial charge in [-0.25, -0.2) is 0 Å². The lowest BCUT2D eigenvalue weighted by Gasteiger charge is -2.22. The monoisotopic (exact) mass is 294 g/mol. The molecule has 112 valence electrons. The van der Waals surface area contributed by atoms with E-state index in [9.17, 15) is 4.79 Å². The molecule has 0 N–H and O–H groups in total. The fraction of sp³-hybridized carbons (Fsp3) is 0.316. The van der Waals surface area contributed by atoms with E-state index < -0.39 is 0 Å². The molecule has 2 aliphatic heterocycles. The fourth-order valence-corrected chi connectivity index (χ4v) is 3.51. The Morgan fingerprint density at radius 2 is 1.77 bits per heavy atom. The summed E-state index contributed by atoms with van der Waals surface area (Å²) in [5.41, 5.74) is 3.39. The zero-order chi connectivity index (χ0) is 15.1. The second-order valence-electron chi connectivity index (χ2n) is 6.01. The van der Waals surface area contributed by atoms with Gasteiger partial charge in [0.1, 0.15) is 6.10 Å². The normalized spacial score (nSPS) is 26.5. The molecule has 0 radical (unpaired) electrons. The fourth-order valence-electron chi connectivity index (χ4n) is 3.51. The van der Waals surface area contributed by atoms with Gasteiger partial charge in [-0.05, 0) is 30.0 Å². The molecule has 2 bridgehead atoms. The highest BCUT2D eigenvalue weighted by atomic mass is 16.6. The number of ether oxygens (including phenoxy) is 2. The summed E-state index contributed by atoms with van der Waals surface area (Å²) in [6.45, 7) is 1.91. The molecule has 2 aliphatic rings. The van der Waals surface area contributed by atoms with Crippen molar-refractivity contribution >= 4 is 5.97 Å². The maximum atomic E-state index is 12.5. The Labute approximate surface area is 129 Å². The second-order valence-corrected chi connectivity index (χ2v) is 6.01. The smallest absolute Gasteiger partial charge is 0.312 e. The van der Waals surface area contributed by atoms with E-state index in [1.165, 1.54) is 5.56 Å². The SMILES string of the molecule is C[C@@H](OC(=O)C1C[C@@H]2O[C@H]1c1ccccc12)c1ccccc1. The molecule has 0 saturated carbocycles. The van der Waals surface area contributed by atoms with Crippen LogP contribution in [0.5, 0.6) is 0 Å². The molecule has 22 heavy (non-hydrogen) atoms. The lowest BCUT2D eigenvalue weighted by atomic mass is 9.84. The molecule has 3 heteroatoms. The number of rotatable bonds is 3. The van der Waals surface area contributed by atoms with Crippen molar-refractivity contribution in [3.8, 4) is 0 Å². The molecule has 4 rings (SSSR count). The maximum Gasteiger partial charge on any atom is 0.312 e. The van der Waals surface area contributed by atoms with E-state index >= 15 is 0 Å². The zero-order valence-electron chi connectivity index (χ0n) is 12.4. The van der Waals surface area contributed by atoms with Crippen molar-refractivity contribution in [2.24, 2.45) is 5.92 Å². The van der Waals surface area contributed by atoms with Crippen molar-refractivity contribution in [2.75, 3.05) is 0 Å². The van der Waals surface area contributed by atoms with Crippen LogP contribution in [-0.4, -0.2) is 5.97 Å². The van der Waals surface area contributed by atoms with Gasteiger partial charge in [0.15, 0.2) is 0 Å². The molecular formula is C19H18O3. The maximum absolute atomic E-state index is 12.5. The predicted molar refractivity (Wildman–Crippen MR) is 82.1 cm³/mol. The first-order chi connectivity index (χ1) is 10.7. The van der Waals surface area contributed by atoms with Gasteiger partial charge in [0.2, 0.25) is 0 Å². The number of carbonyl (C=O) groups excluding carboxylic acids is 1. The van der Waals surface area contributed by atoms with Crippen molar-refractivity contribution in [3.05, 3.63) is 71.3 Å². The topological polar surface area (TPSA) is 35.5 Å². The average molecular weight is 294 g/mol. The Kier molecular flexibility index (Phi) is 3.23. The number of benzene rings is 2. The van der Waals surface area contributed by atoms with Gasteiger partial charge in [0.25, 0.3) is 0 Å². The Morgan fingerprint density at radius 1 is 1.09 bits per heavy atom. The minimum absolute atomic E-state index is 0.0470. The minimum atomic E-state index is -0.233. The minimum Gasteiger partial charge on any atom is -0.457 e. The lowest BCUT2D eigenvalue weighted by Crippen LogP contribution is -2.24. The highest BCUT2D eigenvalue weighted by Crippen LogP contribution is 2.54. The van der Waals surface area contributed by atoms with E-state index in [1.807, 2.05) is 49.4 Å². The van der Waals surface area contributed by atoms with Gasteiger partial charge >= 0.3 is 5.97 Å². The molecule has 1 saturated heterocycles. The van der Waals surface area contributed by atoms with Gasteiger partial charge in [0.05, 0.1) is 18.1 Å². The van der Waals surface area contributed by atoms with E-state index in [0.717, 1.165) is 17.5 Å². The summed E-state index contributed by atoms with van der Waals surface area (Å²) in [5, 5.41) is 0. The van der Waals surface area contributed by atoms with Gasteiger partial charge < -0.3 is 9.47 Å². The van der Waals surface area contributed by atoms with Crippen LogP contribution in [0.4, 0.5) is 0 Å². The highest BCUT2D eigenvalue weighted by Gasteiger charge is 2.49. The van der Waals surface area contributed by atoms with Gasteiger partial charge in [-0.2, -0.15) is 0 Å². The van der Waals surface area contributed by atoms with Gasteiger partial charge in [-0.15, -0.1) is 0 Å². The van der Waals surface area contributed by atoms with Crippen LogP contribution < -0.4 is 0 Å². The summed E-state index contributed by atoms with van der Waals surface area (Å²) < 4.78 is 11.6. The Balaban J connectivity index is 1.49. The molecule has 2 heterocycles. The van der Waals surface area contributed by atoms with Crippen molar-refractivity contribution in [3.63, 3.8) is 0 Å². The van der Waals surface area contributed by atoms with Gasteiger partial charge in [0, 0.05) is 0 Å². The summed E-state index contributed by atoms with van der Waals surface area (Å²) in [5.74, 6) is -0.343. The first-order valence-corrected chi connectivity index (χ1v) is 7.74. The van der Waals surface area contributed by atoms with E-state index in [1.54, 1.807) is 0 Å². The van der Waals surface area contributed by atoms with Crippen LogP contribution in [0.2, 0.25) is 0 Å². The predicted octanol–water partition coefficient (Wildman–Crippen LogP) is 4.12. The number of fused-ring (bicyclic) bond motifs is 5. The van der Waals surface area contributed by atoms with Crippen LogP contribution in [0.1, 0.15) is 48.3 Å². The van der Waals surface area contributed by atoms with Crippen LogP contribution in [0, 0.1) is 5.92 Å². The molecular weight excluding hydrogens is 276 g/mol. The largest absolute Gasteiger partial charge is 0.457 e. The average Bonchev–Trinajstić information content (AvgIpc) is 3.15. The van der Waals surface area contributed by atoms with Crippen LogP contribution in [0.25, 0.3) is 0 Å². The third-order valence-corrected chi connectivity index (χ3v) is 4.66. The Bertz CT molecular complexity index is 695. The van der Waals surface area contributed by atoms with Crippen molar-refractivity contribution in [1.29, 1.82) is 0 Å². The number of esters is 1. The summed E-state index contributed by atoms with van der Waals surface area (Å²) in [6.07, 6.45) is 0.396. The molecule has 0 spiro atoms. The summed E-state index contributed by atoms with van der Waals surface area (Å²) in [4.78, 5) is 12.5. The Morgan fingerprint density at radius 3 is 2.55 bits per heavy atom. The van der Waals surface area contributed by atoms with Crippen LogP contribution in [0.3, 0.4) is 0 Å². The van der Waals surface area contributed by atoms with E-state index in [-0.39, 0.29) is 30.2 Å². The van der Waals surface area contributed by atoms with Crippen LogP contribution >= 0.6 is 0 Å². The zero-order valence-corrected chi connectivity index (χ0v) is 12.4. The molecule has 0 aliphatic carbocycles. The van der Waals surface area contributed by atoms with E-state index in [2.05, 4.69) is 12.1 Å². The van der Waals surface area contributed by atoms with Crippen molar-refractivity contribution < 1.29 is 14.3 Å². The van der Waals surface area contributed by atoms with Crippen molar-refractivity contribution in [1.82, 2.24) is 0 Å². The highest BCUT2D eigenvalue weighted by molar-refractivity contribution is 5.75. The van der Waals surface area contributed by atoms with Crippen molar-refractivity contribution in [2.45, 2.75) is 31.7 Å². The molecule has 3 nitrogen and oxygen atoms in total. The molecule has 1 fully saturated rings. The molecule has 2 aromatic rings. The first-order valence-electron chi connectivity index (χ1n) is 7.74.